The van der Waals surface area contributed by atoms with Gasteiger partial charge in [-0.25, -0.2) is 0 Å². The van der Waals surface area contributed by atoms with Crippen molar-refractivity contribution in [2.75, 3.05) is 18.5 Å². The first-order valence-electron chi connectivity index (χ1n) is 8.91. The first-order chi connectivity index (χ1) is 14.4. The molecule has 0 aliphatic rings. The molecule has 3 aromatic rings. The van der Waals surface area contributed by atoms with Crippen molar-refractivity contribution in [1.29, 1.82) is 5.26 Å². The number of nitriles is 1. The van der Waals surface area contributed by atoms with Crippen molar-refractivity contribution in [3.63, 3.8) is 0 Å². The maximum Gasteiger partial charge on any atom is 0.325 e. The zero-order valence-electron chi connectivity index (χ0n) is 15.8. The van der Waals surface area contributed by atoms with Gasteiger partial charge in [0.25, 0.3) is 5.69 Å². The molecule has 30 heavy (non-hydrogen) atoms. The van der Waals surface area contributed by atoms with Crippen LogP contribution in [0.1, 0.15) is 12.5 Å². The molecular formula is C21H16BrN3O5. The Morgan fingerprint density at radius 3 is 2.40 bits per heavy atom. The second-order valence-electron chi connectivity index (χ2n) is 6.09. The normalized spacial score (nSPS) is 10.3. The predicted molar refractivity (Wildman–Crippen MR) is 114 cm³/mol. The first-order valence-corrected chi connectivity index (χ1v) is 9.71. The van der Waals surface area contributed by atoms with E-state index in [1.807, 2.05) is 24.3 Å². The van der Waals surface area contributed by atoms with E-state index in [0.29, 0.717) is 16.7 Å². The number of nitrogens with zero attached hydrogens (tertiary/aromatic N) is 2. The van der Waals surface area contributed by atoms with E-state index < -0.39 is 10.9 Å². The number of hydrogen-bond acceptors (Lipinski definition) is 7. The molecule has 1 N–H and O–H groups in total. The van der Waals surface area contributed by atoms with Crippen molar-refractivity contribution in [3.05, 3.63) is 68.7 Å². The third-order valence-electron chi connectivity index (χ3n) is 4.19. The van der Waals surface area contributed by atoms with Crippen LogP contribution in [0.4, 0.5) is 11.6 Å². The number of furan rings is 1. The van der Waals surface area contributed by atoms with E-state index in [1.165, 1.54) is 24.3 Å². The number of ether oxygens (including phenoxy) is 1. The summed E-state index contributed by atoms with van der Waals surface area (Å²) in [5.74, 6) is 0.0120. The number of non-ortho nitro benzene ring substituents is 1. The van der Waals surface area contributed by atoms with Gasteiger partial charge in [0.05, 0.1) is 17.1 Å². The van der Waals surface area contributed by atoms with Crippen LogP contribution in [0.25, 0.3) is 22.5 Å². The van der Waals surface area contributed by atoms with Crippen LogP contribution in [0, 0.1) is 21.4 Å². The van der Waals surface area contributed by atoms with Crippen LogP contribution in [-0.2, 0) is 9.53 Å². The molecule has 0 fully saturated rings. The molecule has 0 unspecified atom stereocenters. The van der Waals surface area contributed by atoms with E-state index in [4.69, 9.17) is 9.15 Å². The zero-order valence-corrected chi connectivity index (χ0v) is 17.4. The number of carbonyl (C=O) groups is 1. The molecule has 0 atom stereocenters. The van der Waals surface area contributed by atoms with Crippen molar-refractivity contribution >= 4 is 33.5 Å². The molecule has 0 saturated heterocycles. The van der Waals surface area contributed by atoms with Gasteiger partial charge in [-0.05, 0) is 36.8 Å². The highest BCUT2D eigenvalue weighted by molar-refractivity contribution is 9.10. The van der Waals surface area contributed by atoms with Crippen molar-refractivity contribution in [3.8, 4) is 28.5 Å². The lowest BCUT2D eigenvalue weighted by atomic mass is 10.00. The van der Waals surface area contributed by atoms with Gasteiger partial charge in [0.1, 0.15) is 18.2 Å². The number of nitro groups is 1. The Morgan fingerprint density at radius 2 is 1.83 bits per heavy atom. The van der Waals surface area contributed by atoms with E-state index in [2.05, 4.69) is 27.3 Å². The molecule has 1 heterocycles. The van der Waals surface area contributed by atoms with Crippen molar-refractivity contribution in [2.24, 2.45) is 0 Å². The van der Waals surface area contributed by atoms with E-state index in [0.717, 1.165) is 4.47 Å². The number of nitrogens with one attached hydrogen (secondary N) is 1. The second-order valence-corrected chi connectivity index (χ2v) is 7.01. The number of hydrogen-bond donors (Lipinski definition) is 1. The quantitative estimate of drug-likeness (QED) is 0.289. The number of benzene rings is 2. The van der Waals surface area contributed by atoms with Crippen LogP contribution in [0.15, 0.2) is 57.4 Å². The van der Waals surface area contributed by atoms with E-state index in [9.17, 15) is 20.2 Å². The maximum atomic E-state index is 11.8. The monoisotopic (exact) mass is 469 g/mol. The van der Waals surface area contributed by atoms with Gasteiger partial charge in [-0.3, -0.25) is 14.9 Å². The Balaban J connectivity index is 2.10. The number of esters is 1. The Bertz CT molecular complexity index is 1120. The third-order valence-corrected chi connectivity index (χ3v) is 4.72. The first kappa shape index (κ1) is 21.1. The summed E-state index contributed by atoms with van der Waals surface area (Å²) in [5.41, 5.74) is 1.87. The molecule has 0 spiro atoms. The van der Waals surface area contributed by atoms with Gasteiger partial charge in [0.2, 0.25) is 5.88 Å². The van der Waals surface area contributed by atoms with Gasteiger partial charge < -0.3 is 14.5 Å². The standard InChI is InChI=1S/C21H16BrN3O5/c1-2-29-18(26)12-24-21-19(13-3-7-15(22)8-4-13)17(11-23)20(30-21)14-5-9-16(10-6-14)25(27)28/h3-10,24H,2,12H2,1H3. The highest BCUT2D eigenvalue weighted by atomic mass is 79.9. The SMILES string of the molecule is CCOC(=O)CNc1oc(-c2ccc([N+](=O)[O-])cc2)c(C#N)c1-c1ccc(Br)cc1. The van der Waals surface area contributed by atoms with Gasteiger partial charge in [0, 0.05) is 22.2 Å². The van der Waals surface area contributed by atoms with Gasteiger partial charge in [-0.2, -0.15) is 5.26 Å². The maximum absolute atomic E-state index is 11.8. The Labute approximate surface area is 180 Å². The highest BCUT2D eigenvalue weighted by Gasteiger charge is 2.24. The summed E-state index contributed by atoms with van der Waals surface area (Å²) < 4.78 is 11.7. The molecule has 0 amide bonds. The smallest absolute Gasteiger partial charge is 0.325 e. The van der Waals surface area contributed by atoms with Gasteiger partial charge >= 0.3 is 5.97 Å². The van der Waals surface area contributed by atoms with Crippen LogP contribution >= 0.6 is 15.9 Å². The lowest BCUT2D eigenvalue weighted by Crippen LogP contribution is -2.16. The van der Waals surface area contributed by atoms with Crippen molar-refractivity contribution in [1.82, 2.24) is 0 Å². The summed E-state index contributed by atoms with van der Waals surface area (Å²) >= 11 is 3.38. The molecule has 0 bridgehead atoms. The molecule has 152 valence electrons. The number of rotatable bonds is 7. The summed E-state index contributed by atoms with van der Waals surface area (Å²) in [5, 5.41) is 23.7. The summed E-state index contributed by atoms with van der Waals surface area (Å²) in [4.78, 5) is 22.2. The summed E-state index contributed by atoms with van der Waals surface area (Å²) in [6, 6.07) is 15.1. The third kappa shape index (κ3) is 4.50. The largest absolute Gasteiger partial charge is 0.465 e. The summed E-state index contributed by atoms with van der Waals surface area (Å²) in [6.45, 7) is 1.81. The Hall–Kier alpha value is -3.64. The minimum absolute atomic E-state index is 0.0717. The van der Waals surface area contributed by atoms with Crippen LogP contribution in [0.3, 0.4) is 0 Å². The van der Waals surface area contributed by atoms with Crippen molar-refractivity contribution < 1.29 is 18.9 Å². The predicted octanol–water partition coefficient (Wildman–Crippen LogP) is 5.13. The van der Waals surface area contributed by atoms with E-state index in [-0.39, 0.29) is 36.0 Å². The Kier molecular flexibility index (Phi) is 6.49. The van der Waals surface area contributed by atoms with Crippen LogP contribution in [0.2, 0.25) is 0 Å². The van der Waals surface area contributed by atoms with Crippen LogP contribution < -0.4 is 5.32 Å². The lowest BCUT2D eigenvalue weighted by molar-refractivity contribution is -0.384. The van der Waals surface area contributed by atoms with Gasteiger partial charge in [0.15, 0.2) is 5.76 Å². The van der Waals surface area contributed by atoms with E-state index in [1.54, 1.807) is 6.92 Å². The average molecular weight is 470 g/mol. The number of nitro benzene ring substituents is 1. The highest BCUT2D eigenvalue weighted by Crippen LogP contribution is 2.41. The topological polar surface area (TPSA) is 118 Å². The van der Waals surface area contributed by atoms with Crippen molar-refractivity contribution in [2.45, 2.75) is 6.92 Å². The minimum atomic E-state index is -0.503. The number of carbonyl (C=O) groups excluding carboxylic acids is 1. The zero-order chi connectivity index (χ0) is 21.7. The fraction of sp³-hybridized carbons (Fsp3) is 0.143. The molecule has 2 aromatic carbocycles. The fourth-order valence-corrected chi connectivity index (χ4v) is 3.12. The fourth-order valence-electron chi connectivity index (χ4n) is 2.86. The summed E-state index contributed by atoms with van der Waals surface area (Å²) in [7, 11) is 0. The van der Waals surface area contributed by atoms with Crippen LogP contribution in [-0.4, -0.2) is 24.0 Å². The molecule has 8 nitrogen and oxygen atoms in total. The average Bonchev–Trinajstić information content (AvgIpc) is 3.11. The Morgan fingerprint density at radius 1 is 1.20 bits per heavy atom. The van der Waals surface area contributed by atoms with E-state index >= 15 is 0 Å². The molecular weight excluding hydrogens is 454 g/mol. The molecule has 3 rings (SSSR count). The summed E-state index contributed by atoms with van der Waals surface area (Å²) in [6.07, 6.45) is 0. The number of halogens is 1. The van der Waals surface area contributed by atoms with Gasteiger partial charge in [-0.1, -0.05) is 28.1 Å². The van der Waals surface area contributed by atoms with Crippen LogP contribution in [0.5, 0.6) is 0 Å². The van der Waals surface area contributed by atoms with Gasteiger partial charge in [-0.15, -0.1) is 0 Å². The molecule has 0 radical (unpaired) electrons. The number of anilines is 1. The molecule has 0 aliphatic carbocycles. The minimum Gasteiger partial charge on any atom is -0.465 e. The molecule has 0 saturated carbocycles. The molecule has 1 aromatic heterocycles. The molecule has 9 heteroatoms. The second kappa shape index (κ2) is 9.24. The molecule has 0 aliphatic heterocycles. The lowest BCUT2D eigenvalue weighted by Gasteiger charge is -2.06.